The first-order valence-electron chi connectivity index (χ1n) is 13.8. The molecule has 3 aromatic rings. The smallest absolute Gasteiger partial charge is 0.407 e. The number of carbonyl (C=O) groups is 2. The number of piperidine rings is 1. The highest BCUT2D eigenvalue weighted by Gasteiger charge is 2.35. The molecule has 1 aliphatic heterocycles. The molecule has 0 unspecified atom stereocenters. The third kappa shape index (κ3) is 5.84. The van der Waals surface area contributed by atoms with Crippen molar-refractivity contribution in [3.05, 3.63) is 41.2 Å². The van der Waals surface area contributed by atoms with Crippen LogP contribution >= 0.6 is 0 Å². The number of hydrogen-bond acceptors (Lipinski definition) is 7. The molecule has 3 heterocycles. The lowest BCUT2D eigenvalue weighted by molar-refractivity contribution is -0.127. The van der Waals surface area contributed by atoms with Crippen LogP contribution in [0, 0.1) is 26.7 Å². The Balaban J connectivity index is 1.18. The van der Waals surface area contributed by atoms with E-state index in [-0.39, 0.29) is 23.9 Å². The summed E-state index contributed by atoms with van der Waals surface area (Å²) in [4.78, 5) is 27.1. The van der Waals surface area contributed by atoms with Gasteiger partial charge in [-0.15, -0.1) is 5.10 Å². The van der Waals surface area contributed by atoms with Crippen LogP contribution < -0.4 is 15.5 Å². The molecular weight excluding hydrogens is 494 g/mol. The van der Waals surface area contributed by atoms with E-state index in [0.29, 0.717) is 0 Å². The zero-order valence-electron chi connectivity index (χ0n) is 23.7. The molecule has 0 bridgehead atoms. The summed E-state index contributed by atoms with van der Waals surface area (Å²) < 4.78 is 7.28. The number of nitrogens with one attached hydrogen (secondary N) is 2. The van der Waals surface area contributed by atoms with Gasteiger partial charge in [-0.2, -0.15) is 10.2 Å². The van der Waals surface area contributed by atoms with E-state index in [9.17, 15) is 9.59 Å². The van der Waals surface area contributed by atoms with Crippen molar-refractivity contribution in [3.8, 4) is 5.69 Å². The van der Waals surface area contributed by atoms with Crippen LogP contribution in [0.15, 0.2) is 24.3 Å². The monoisotopic (exact) mass is 533 g/mol. The van der Waals surface area contributed by atoms with Crippen LogP contribution in [0.1, 0.15) is 63.4 Å². The number of hydrogen-bond donors (Lipinski definition) is 2. The Labute approximate surface area is 229 Å². The molecule has 1 saturated heterocycles. The first-order valence-corrected chi connectivity index (χ1v) is 13.8. The molecule has 1 aliphatic carbocycles. The molecule has 2 aromatic heterocycles. The number of rotatable bonds is 5. The fraction of sp³-hybridized carbons (Fsp3) is 0.552. The third-order valence-electron chi connectivity index (χ3n) is 7.63. The zero-order valence-corrected chi connectivity index (χ0v) is 23.7. The Morgan fingerprint density at radius 1 is 0.949 bits per heavy atom. The minimum atomic E-state index is -0.522. The highest BCUT2D eigenvalue weighted by molar-refractivity contribution is 5.92. The van der Waals surface area contributed by atoms with E-state index in [2.05, 4.69) is 63.8 Å². The summed E-state index contributed by atoms with van der Waals surface area (Å²) in [6.07, 6.45) is 2.53. The maximum atomic E-state index is 13.0. The van der Waals surface area contributed by atoms with Crippen LogP contribution in [0.2, 0.25) is 0 Å². The molecule has 0 spiro atoms. The molecule has 1 saturated carbocycles. The zero-order chi connectivity index (χ0) is 27.9. The summed E-state index contributed by atoms with van der Waals surface area (Å²) in [6.45, 7) is 13.1. The van der Waals surface area contributed by atoms with Crippen molar-refractivity contribution in [1.82, 2.24) is 30.6 Å². The number of nitrogens with zero attached hydrogens (tertiary/aromatic N) is 5. The van der Waals surface area contributed by atoms with Gasteiger partial charge in [-0.1, -0.05) is 17.7 Å². The van der Waals surface area contributed by atoms with E-state index >= 15 is 0 Å². The number of carbonyl (C=O) groups excluding carboxylic acids is 2. The van der Waals surface area contributed by atoms with Crippen LogP contribution in [0.4, 0.5) is 10.6 Å². The highest BCUT2D eigenvalue weighted by Crippen LogP contribution is 2.32. The van der Waals surface area contributed by atoms with Gasteiger partial charge in [0.25, 0.3) is 0 Å². The quantitative estimate of drug-likeness (QED) is 0.507. The Kier molecular flexibility index (Phi) is 7.22. The van der Waals surface area contributed by atoms with Crippen molar-refractivity contribution in [2.45, 2.75) is 84.9 Å². The van der Waals surface area contributed by atoms with Gasteiger partial charge in [-0.25, -0.2) is 9.48 Å². The number of alkyl carbamates (subject to hydrolysis) is 1. The van der Waals surface area contributed by atoms with E-state index in [1.807, 2.05) is 32.4 Å². The van der Waals surface area contributed by atoms with E-state index in [1.54, 1.807) is 0 Å². The Morgan fingerprint density at radius 3 is 2.23 bits per heavy atom. The molecule has 10 heteroatoms. The molecule has 2 fully saturated rings. The average Bonchev–Trinajstić information content (AvgIpc) is 3.20. The molecule has 0 radical (unpaired) electrons. The first-order chi connectivity index (χ1) is 18.5. The summed E-state index contributed by atoms with van der Waals surface area (Å²) in [5, 5.41) is 21.0. The van der Waals surface area contributed by atoms with E-state index in [0.717, 1.165) is 72.6 Å². The van der Waals surface area contributed by atoms with Crippen molar-refractivity contribution < 1.29 is 14.3 Å². The first kappa shape index (κ1) is 26.9. The van der Waals surface area contributed by atoms with Crippen molar-refractivity contribution in [2.75, 3.05) is 18.0 Å². The number of anilines is 1. The molecule has 39 heavy (non-hydrogen) atoms. The molecule has 2 aliphatic rings. The minimum Gasteiger partial charge on any atom is -0.444 e. The molecular formula is C29H39N7O3. The molecule has 1 aromatic carbocycles. The maximum absolute atomic E-state index is 13.0. The molecule has 2 amide bonds. The second-order valence-corrected chi connectivity index (χ2v) is 11.9. The maximum Gasteiger partial charge on any atom is 0.407 e. The molecule has 0 atom stereocenters. The number of aromatic nitrogens is 4. The summed E-state index contributed by atoms with van der Waals surface area (Å²) in [6, 6.07) is 8.45. The minimum absolute atomic E-state index is 0.0395. The van der Waals surface area contributed by atoms with Crippen LogP contribution in [0.3, 0.4) is 0 Å². The number of benzene rings is 1. The van der Waals surface area contributed by atoms with E-state index < -0.39 is 11.7 Å². The number of aryl methyl sites for hydroxylation is 3. The van der Waals surface area contributed by atoms with Gasteiger partial charge >= 0.3 is 6.09 Å². The largest absolute Gasteiger partial charge is 0.444 e. The van der Waals surface area contributed by atoms with Crippen LogP contribution in [0.5, 0.6) is 0 Å². The van der Waals surface area contributed by atoms with Crippen molar-refractivity contribution in [2.24, 2.45) is 5.92 Å². The van der Waals surface area contributed by atoms with Crippen LogP contribution in [0.25, 0.3) is 16.6 Å². The SMILES string of the molecule is Cc1ccc(-n2nc3c(N4CCC(C(=O)NC5CC(NC(=O)OC(C)(C)C)C5)CC4)nnc(C)c3c2C)cc1. The number of amides is 2. The van der Waals surface area contributed by atoms with Gasteiger partial charge in [0.2, 0.25) is 5.91 Å². The van der Waals surface area contributed by atoms with E-state index in [4.69, 9.17) is 9.84 Å². The van der Waals surface area contributed by atoms with Crippen molar-refractivity contribution in [3.63, 3.8) is 0 Å². The van der Waals surface area contributed by atoms with Gasteiger partial charge in [-0.3, -0.25) is 4.79 Å². The Hall–Kier alpha value is -3.69. The second kappa shape index (κ2) is 10.5. The molecule has 5 rings (SSSR count). The summed E-state index contributed by atoms with van der Waals surface area (Å²) in [7, 11) is 0. The van der Waals surface area contributed by atoms with Gasteiger partial charge in [0, 0.05) is 31.1 Å². The lowest BCUT2D eigenvalue weighted by Gasteiger charge is -2.38. The van der Waals surface area contributed by atoms with Gasteiger partial charge in [-0.05, 0) is 79.4 Å². The van der Waals surface area contributed by atoms with Crippen molar-refractivity contribution in [1.29, 1.82) is 0 Å². The number of ether oxygens (including phenoxy) is 1. The Bertz CT molecular complexity index is 1360. The van der Waals surface area contributed by atoms with Gasteiger partial charge in [0.1, 0.15) is 11.1 Å². The molecule has 208 valence electrons. The summed E-state index contributed by atoms with van der Waals surface area (Å²) >= 11 is 0. The topological polar surface area (TPSA) is 114 Å². The predicted octanol–water partition coefficient (Wildman–Crippen LogP) is 4.13. The van der Waals surface area contributed by atoms with Gasteiger partial charge in [0.05, 0.1) is 22.5 Å². The fourth-order valence-corrected chi connectivity index (χ4v) is 5.46. The second-order valence-electron chi connectivity index (χ2n) is 11.9. The Morgan fingerprint density at radius 2 is 1.59 bits per heavy atom. The van der Waals surface area contributed by atoms with Crippen LogP contribution in [-0.4, -0.2) is 62.8 Å². The fourth-order valence-electron chi connectivity index (χ4n) is 5.46. The number of fused-ring (bicyclic) bond motifs is 1. The van der Waals surface area contributed by atoms with Gasteiger partial charge < -0.3 is 20.3 Å². The standard InChI is InChI=1S/C29H39N7O3/c1-17-7-9-23(10-8-17)36-19(3)24-18(2)32-33-26(25(24)34-36)35-13-11-20(12-14-35)27(37)30-21-15-22(16-21)31-28(38)39-29(4,5)6/h7-10,20-22H,11-16H2,1-6H3,(H,30,37)(H,31,38). The predicted molar refractivity (Wildman–Crippen MR) is 150 cm³/mol. The molecule has 10 nitrogen and oxygen atoms in total. The normalized spacial score (nSPS) is 20.0. The summed E-state index contributed by atoms with van der Waals surface area (Å²) in [5.74, 6) is 0.827. The van der Waals surface area contributed by atoms with Gasteiger partial charge in [0.15, 0.2) is 5.82 Å². The summed E-state index contributed by atoms with van der Waals surface area (Å²) in [5.41, 5.74) is 4.44. The lowest BCUT2D eigenvalue weighted by atomic mass is 9.85. The van der Waals surface area contributed by atoms with Crippen molar-refractivity contribution >= 4 is 28.7 Å². The third-order valence-corrected chi connectivity index (χ3v) is 7.63. The van der Waals surface area contributed by atoms with E-state index in [1.165, 1.54) is 5.56 Å². The van der Waals surface area contributed by atoms with Crippen LogP contribution in [-0.2, 0) is 9.53 Å². The molecule has 2 N–H and O–H groups in total. The average molecular weight is 534 g/mol. The highest BCUT2D eigenvalue weighted by atomic mass is 16.6. The lowest BCUT2D eigenvalue weighted by Crippen LogP contribution is -2.55.